The Balaban J connectivity index is 1.71. The van der Waals surface area contributed by atoms with Crippen molar-refractivity contribution in [3.63, 3.8) is 0 Å². The van der Waals surface area contributed by atoms with Crippen LogP contribution >= 0.6 is 23.2 Å². The number of amides is 1. The molecule has 0 radical (unpaired) electrons. The number of morpholine rings is 1. The van der Waals surface area contributed by atoms with Crippen LogP contribution in [0.15, 0.2) is 39.4 Å². The second-order valence-electron chi connectivity index (χ2n) is 8.26. The number of benzene rings is 1. The topological polar surface area (TPSA) is 60.5 Å². The molecule has 0 saturated carbocycles. The number of hydrogen-bond acceptors (Lipinski definition) is 3. The van der Waals surface area contributed by atoms with Crippen LogP contribution in [0.3, 0.4) is 0 Å². The Bertz CT molecular complexity index is 1080. The molecule has 1 atom stereocenters. The Kier molecular flexibility index (Phi) is 5.88. The lowest BCUT2D eigenvalue weighted by Crippen LogP contribution is -2.42. The van der Waals surface area contributed by atoms with Crippen LogP contribution in [0.4, 0.5) is 5.69 Å². The summed E-state index contributed by atoms with van der Waals surface area (Å²) >= 11 is 13.5. The number of rotatable bonds is 3. The quantitative estimate of drug-likeness (QED) is 0.704. The number of aromatic nitrogens is 1. The Labute approximate surface area is 187 Å². The molecule has 2 aliphatic rings. The maximum absolute atomic E-state index is 13.2. The second-order valence-corrected chi connectivity index (χ2v) is 9.10. The predicted octanol–water partition coefficient (Wildman–Crippen LogP) is 4.50. The van der Waals surface area contributed by atoms with Crippen LogP contribution in [0.1, 0.15) is 24.6 Å². The fraction of sp³-hybridized carbons (Fsp3) is 0.435. The number of allylic oxidation sites excluding steroid dienone is 3. The Morgan fingerprint density at radius 3 is 2.63 bits per heavy atom. The Hall–Kier alpha value is -1.95. The monoisotopic (exact) mass is 447 g/mol. The van der Waals surface area contributed by atoms with Gasteiger partial charge in [0.25, 0.3) is 5.91 Å². The SMILES string of the molecule is Cc1cc(N)cc2c1cc(CC1=C(Cl)CC(C)C(C(=O)N3CCOCC3)=C1Cl)n2C. The van der Waals surface area contributed by atoms with E-state index in [1.54, 1.807) is 0 Å². The van der Waals surface area contributed by atoms with Crippen LogP contribution in [0.25, 0.3) is 10.9 Å². The van der Waals surface area contributed by atoms with E-state index in [4.69, 9.17) is 33.7 Å². The zero-order valence-electron chi connectivity index (χ0n) is 17.6. The van der Waals surface area contributed by atoms with Crippen molar-refractivity contribution in [2.24, 2.45) is 13.0 Å². The van der Waals surface area contributed by atoms with E-state index in [0.717, 1.165) is 38.5 Å². The summed E-state index contributed by atoms with van der Waals surface area (Å²) in [7, 11) is 2.02. The van der Waals surface area contributed by atoms with Gasteiger partial charge in [-0.25, -0.2) is 0 Å². The minimum absolute atomic E-state index is 0.00173. The number of fused-ring (bicyclic) bond motifs is 1. The molecule has 4 rings (SSSR count). The van der Waals surface area contributed by atoms with Crippen LogP contribution in [-0.2, 0) is 23.0 Å². The number of hydrogen-bond donors (Lipinski definition) is 1. The number of anilines is 1. The molecule has 1 aliphatic heterocycles. The van der Waals surface area contributed by atoms with Gasteiger partial charge in [-0.3, -0.25) is 4.79 Å². The third-order valence-corrected chi connectivity index (χ3v) is 7.00. The molecule has 2 heterocycles. The van der Waals surface area contributed by atoms with Gasteiger partial charge < -0.3 is 19.9 Å². The molecule has 1 fully saturated rings. The number of carbonyl (C=O) groups is 1. The number of aryl methyl sites for hydroxylation is 2. The summed E-state index contributed by atoms with van der Waals surface area (Å²) in [5.74, 6) is -0.0169. The number of nitrogen functional groups attached to an aromatic ring is 1. The number of nitrogens with zero attached hydrogens (tertiary/aromatic N) is 2. The van der Waals surface area contributed by atoms with Crippen molar-refractivity contribution in [3.05, 3.63) is 50.7 Å². The van der Waals surface area contributed by atoms with E-state index in [1.807, 2.05) is 31.0 Å². The van der Waals surface area contributed by atoms with E-state index in [1.165, 1.54) is 0 Å². The normalized spacial score (nSPS) is 20.4. The molecule has 2 aromatic rings. The molecule has 30 heavy (non-hydrogen) atoms. The molecule has 7 heteroatoms. The van der Waals surface area contributed by atoms with Crippen molar-refractivity contribution in [3.8, 4) is 0 Å². The highest BCUT2D eigenvalue weighted by Crippen LogP contribution is 2.41. The van der Waals surface area contributed by atoms with Crippen LogP contribution < -0.4 is 5.73 Å². The Morgan fingerprint density at radius 2 is 1.93 bits per heavy atom. The molecule has 0 bridgehead atoms. The molecule has 0 spiro atoms. The van der Waals surface area contributed by atoms with E-state index in [0.29, 0.717) is 49.8 Å². The average molecular weight is 448 g/mol. The second kappa shape index (κ2) is 8.29. The molecule has 1 unspecified atom stereocenters. The van der Waals surface area contributed by atoms with Gasteiger partial charge in [-0.1, -0.05) is 30.1 Å². The zero-order chi connectivity index (χ0) is 21.6. The minimum atomic E-state index is -0.0152. The fourth-order valence-electron chi connectivity index (χ4n) is 4.45. The summed E-state index contributed by atoms with van der Waals surface area (Å²) in [5, 5.41) is 2.39. The molecule has 1 aliphatic carbocycles. The van der Waals surface area contributed by atoms with E-state index in [-0.39, 0.29) is 11.8 Å². The number of nitrogens with two attached hydrogens (primary N) is 1. The summed E-state index contributed by atoms with van der Waals surface area (Å²) in [5.41, 5.74) is 11.6. The molecule has 2 N–H and O–H groups in total. The van der Waals surface area contributed by atoms with Gasteiger partial charge in [-0.15, -0.1) is 0 Å². The first-order chi connectivity index (χ1) is 14.3. The third kappa shape index (κ3) is 3.75. The van der Waals surface area contributed by atoms with E-state index in [2.05, 4.69) is 17.6 Å². The van der Waals surface area contributed by atoms with Crippen LogP contribution in [-0.4, -0.2) is 41.7 Å². The van der Waals surface area contributed by atoms with Crippen LogP contribution in [0.5, 0.6) is 0 Å². The lowest BCUT2D eigenvalue weighted by atomic mass is 9.87. The summed E-state index contributed by atoms with van der Waals surface area (Å²) in [6, 6.07) is 6.12. The lowest BCUT2D eigenvalue weighted by molar-refractivity contribution is -0.131. The van der Waals surface area contributed by atoms with Crippen LogP contribution in [0, 0.1) is 12.8 Å². The van der Waals surface area contributed by atoms with Gasteiger partial charge in [-0.2, -0.15) is 0 Å². The standard InChI is InChI=1S/C23H27Cl2N3O2/c1-13-8-15(26)10-20-17(13)11-16(27(20)3)12-18-19(24)9-14(2)21(22(18)25)23(29)28-4-6-30-7-5-28/h8,10-11,14H,4-7,9,12,26H2,1-3H3. The summed E-state index contributed by atoms with van der Waals surface area (Å²) < 4.78 is 7.51. The summed E-state index contributed by atoms with van der Waals surface area (Å²) in [4.78, 5) is 15.0. The van der Waals surface area contributed by atoms with Crippen molar-refractivity contribution < 1.29 is 9.53 Å². The third-order valence-electron chi connectivity index (χ3n) is 6.18. The van der Waals surface area contributed by atoms with Crippen molar-refractivity contribution >= 4 is 45.7 Å². The van der Waals surface area contributed by atoms with Gasteiger partial charge in [0.2, 0.25) is 0 Å². The molecule has 5 nitrogen and oxygen atoms in total. The molecule has 1 aromatic heterocycles. The van der Waals surface area contributed by atoms with Crippen LogP contribution in [0.2, 0.25) is 0 Å². The van der Waals surface area contributed by atoms with E-state index in [9.17, 15) is 4.79 Å². The maximum Gasteiger partial charge on any atom is 0.251 e. The highest BCUT2D eigenvalue weighted by molar-refractivity contribution is 6.37. The van der Waals surface area contributed by atoms with Gasteiger partial charge in [-0.05, 0) is 48.6 Å². The van der Waals surface area contributed by atoms with E-state index >= 15 is 0 Å². The van der Waals surface area contributed by atoms with Gasteiger partial charge in [0.1, 0.15) is 0 Å². The predicted molar refractivity (Wildman–Crippen MR) is 123 cm³/mol. The first-order valence-electron chi connectivity index (χ1n) is 10.3. The Morgan fingerprint density at radius 1 is 1.23 bits per heavy atom. The first-order valence-corrected chi connectivity index (χ1v) is 11.0. The van der Waals surface area contributed by atoms with Crippen molar-refractivity contribution in [1.82, 2.24) is 9.47 Å². The average Bonchev–Trinajstić information content (AvgIpc) is 3.01. The van der Waals surface area contributed by atoms with E-state index < -0.39 is 0 Å². The van der Waals surface area contributed by atoms with Gasteiger partial charge in [0.05, 0.1) is 23.8 Å². The fourth-order valence-corrected chi connectivity index (χ4v) is 5.34. The molecular formula is C23H27Cl2N3O2. The minimum Gasteiger partial charge on any atom is -0.399 e. The smallest absolute Gasteiger partial charge is 0.251 e. The molecule has 160 valence electrons. The first kappa shape index (κ1) is 21.3. The van der Waals surface area contributed by atoms with Gasteiger partial charge in [0, 0.05) is 53.9 Å². The van der Waals surface area contributed by atoms with Crippen molar-refractivity contribution in [2.75, 3.05) is 32.0 Å². The highest BCUT2D eigenvalue weighted by Gasteiger charge is 2.33. The molecule has 1 saturated heterocycles. The largest absolute Gasteiger partial charge is 0.399 e. The molecule has 1 amide bonds. The number of ether oxygens (including phenoxy) is 1. The lowest BCUT2D eigenvalue weighted by Gasteiger charge is -2.32. The van der Waals surface area contributed by atoms with Gasteiger partial charge in [0.15, 0.2) is 0 Å². The summed E-state index contributed by atoms with van der Waals surface area (Å²) in [6.07, 6.45) is 1.18. The number of carbonyl (C=O) groups excluding carboxylic acids is 1. The molecule has 1 aromatic carbocycles. The molecular weight excluding hydrogens is 421 g/mol. The maximum atomic E-state index is 13.2. The van der Waals surface area contributed by atoms with Gasteiger partial charge >= 0.3 is 0 Å². The van der Waals surface area contributed by atoms with Crippen molar-refractivity contribution in [2.45, 2.75) is 26.7 Å². The van der Waals surface area contributed by atoms with Crippen molar-refractivity contribution in [1.29, 1.82) is 0 Å². The highest BCUT2D eigenvalue weighted by atomic mass is 35.5. The number of halogens is 2. The zero-order valence-corrected chi connectivity index (χ0v) is 19.1. The summed E-state index contributed by atoms with van der Waals surface area (Å²) in [6.45, 7) is 6.38.